The third-order valence-corrected chi connectivity index (χ3v) is 5.49. The van der Waals surface area contributed by atoms with Crippen LogP contribution in [0.2, 0.25) is 0 Å². The molecule has 1 atom stereocenters. The summed E-state index contributed by atoms with van der Waals surface area (Å²) in [4.78, 5) is 45.4. The first-order chi connectivity index (χ1) is 14.8. The minimum atomic E-state index is -0.712. The molecule has 2 heterocycles. The lowest BCUT2D eigenvalue weighted by molar-refractivity contribution is -0.419. The summed E-state index contributed by atoms with van der Waals surface area (Å²) in [6.07, 6.45) is 5.72. The average Bonchev–Trinajstić information content (AvgIpc) is 2.72. The van der Waals surface area contributed by atoms with Crippen molar-refractivity contribution in [2.75, 3.05) is 13.1 Å². The van der Waals surface area contributed by atoms with Gasteiger partial charge < -0.3 is 9.88 Å². The first-order valence-electron chi connectivity index (χ1n) is 9.99. The van der Waals surface area contributed by atoms with E-state index in [1.54, 1.807) is 12.2 Å². The predicted octanol–water partition coefficient (Wildman–Crippen LogP) is 1.53. The summed E-state index contributed by atoms with van der Waals surface area (Å²) < 4.78 is 1.83. The second-order valence-corrected chi connectivity index (χ2v) is 7.68. The molecule has 10 nitrogen and oxygen atoms in total. The van der Waals surface area contributed by atoms with Crippen LogP contribution in [0.5, 0.6) is 0 Å². The summed E-state index contributed by atoms with van der Waals surface area (Å²) in [6.45, 7) is 5.50. The number of hydrogen-bond donors (Lipinski definition) is 2. The first kappa shape index (κ1) is 20.6. The van der Waals surface area contributed by atoms with Crippen LogP contribution < -0.4 is 16.6 Å². The maximum absolute atomic E-state index is 12.3. The smallest absolute Gasteiger partial charge is 0.321 e. The van der Waals surface area contributed by atoms with Gasteiger partial charge in [0.05, 0.1) is 16.0 Å². The number of allylic oxidation sites excluding steroid dienone is 2. The van der Waals surface area contributed by atoms with Crippen molar-refractivity contribution in [1.29, 1.82) is 0 Å². The van der Waals surface area contributed by atoms with Crippen LogP contribution in [0.25, 0.3) is 22.6 Å². The van der Waals surface area contributed by atoms with Crippen LogP contribution in [0.1, 0.15) is 17.5 Å². The number of fused-ring (bicyclic) bond motifs is 2. The van der Waals surface area contributed by atoms with Gasteiger partial charge in [-0.15, -0.1) is 0 Å². The van der Waals surface area contributed by atoms with Gasteiger partial charge in [0.2, 0.25) is 0 Å². The highest BCUT2D eigenvalue weighted by molar-refractivity contribution is 5.81. The molecule has 10 heteroatoms. The van der Waals surface area contributed by atoms with Gasteiger partial charge in [0.25, 0.3) is 11.3 Å². The van der Waals surface area contributed by atoms with Gasteiger partial charge in [0, 0.05) is 25.7 Å². The van der Waals surface area contributed by atoms with Crippen molar-refractivity contribution < 1.29 is 4.92 Å². The number of rotatable bonds is 6. The molecule has 2 aliphatic heterocycles. The molecule has 1 aliphatic carbocycles. The predicted molar refractivity (Wildman–Crippen MR) is 116 cm³/mol. The number of H-pyrrole nitrogens is 1. The van der Waals surface area contributed by atoms with Crippen LogP contribution >= 0.6 is 0 Å². The number of aromatic nitrogens is 4. The van der Waals surface area contributed by atoms with Crippen molar-refractivity contribution in [2.45, 2.75) is 26.8 Å². The van der Waals surface area contributed by atoms with E-state index in [4.69, 9.17) is 0 Å². The summed E-state index contributed by atoms with van der Waals surface area (Å²) >= 11 is 0. The Morgan fingerprint density at radius 1 is 1.26 bits per heavy atom. The zero-order chi connectivity index (χ0) is 22.1. The quantitative estimate of drug-likeness (QED) is 0.266. The Morgan fingerprint density at radius 3 is 2.81 bits per heavy atom. The zero-order valence-corrected chi connectivity index (χ0v) is 17.2. The second-order valence-electron chi connectivity index (χ2n) is 7.68. The third kappa shape index (κ3) is 4.15. The second kappa shape index (κ2) is 8.23. The summed E-state index contributed by atoms with van der Waals surface area (Å²) in [5.74, 6) is 0.267. The molecule has 0 radical (unpaired) electrons. The molecule has 0 saturated carbocycles. The van der Waals surface area contributed by atoms with Gasteiger partial charge in [0.15, 0.2) is 11.5 Å². The molecular formula is C21H22N6O4. The third-order valence-electron chi connectivity index (χ3n) is 5.49. The SMILES string of the molecule is Cc1cc2nc3c(=O)[nH]c(=O)nc-3n(CCNC[C@H]3C=C([N+](=O)[O-])C=CC3)c2cc1C. The highest BCUT2D eigenvalue weighted by atomic mass is 16.6. The van der Waals surface area contributed by atoms with E-state index in [1.165, 1.54) is 6.08 Å². The minimum Gasteiger partial charge on any atom is -0.321 e. The van der Waals surface area contributed by atoms with Crippen LogP contribution in [0.4, 0.5) is 0 Å². The molecule has 31 heavy (non-hydrogen) atoms. The molecule has 4 rings (SSSR count). The molecule has 0 bridgehead atoms. The molecule has 3 aliphatic rings. The Bertz CT molecular complexity index is 1320. The van der Waals surface area contributed by atoms with Crippen LogP contribution in [0.15, 0.2) is 45.6 Å². The lowest BCUT2D eigenvalue weighted by atomic mass is 9.99. The molecule has 0 spiro atoms. The van der Waals surface area contributed by atoms with Crippen molar-refractivity contribution in [3.63, 3.8) is 0 Å². The molecule has 0 fully saturated rings. The lowest BCUT2D eigenvalue weighted by Gasteiger charge is -2.19. The lowest BCUT2D eigenvalue weighted by Crippen LogP contribution is -2.31. The van der Waals surface area contributed by atoms with Crippen molar-refractivity contribution in [1.82, 2.24) is 24.8 Å². The number of nitrogens with zero attached hydrogens (tertiary/aromatic N) is 4. The van der Waals surface area contributed by atoms with E-state index in [-0.39, 0.29) is 28.1 Å². The van der Waals surface area contributed by atoms with Crippen molar-refractivity contribution >= 4 is 11.0 Å². The largest absolute Gasteiger partial charge is 0.349 e. The Morgan fingerprint density at radius 2 is 2.03 bits per heavy atom. The van der Waals surface area contributed by atoms with Crippen LogP contribution in [-0.4, -0.2) is 37.5 Å². The van der Waals surface area contributed by atoms with E-state index >= 15 is 0 Å². The van der Waals surface area contributed by atoms with E-state index < -0.39 is 11.2 Å². The Balaban J connectivity index is 1.62. The standard InChI is InChI=1S/C21H22N6O4/c1-12-8-16-17(9-13(12)2)26(19-18(23-16)20(28)25-21(29)24-19)7-6-22-11-14-4-3-5-15(10-14)27(30)31/h3,5,8-10,14,22H,4,6-7,11H2,1-2H3,(H,25,28,29)/t14-/m1/s1. The van der Waals surface area contributed by atoms with Crippen molar-refractivity contribution in [3.8, 4) is 11.5 Å². The van der Waals surface area contributed by atoms with Crippen molar-refractivity contribution in [3.05, 3.63) is 78.1 Å². The maximum atomic E-state index is 12.3. The van der Waals surface area contributed by atoms with E-state index in [2.05, 4.69) is 20.3 Å². The van der Waals surface area contributed by atoms with Gasteiger partial charge in [-0.3, -0.25) is 19.9 Å². The Labute approximate surface area is 176 Å². The fourth-order valence-corrected chi connectivity index (χ4v) is 3.75. The van der Waals surface area contributed by atoms with E-state index in [9.17, 15) is 19.7 Å². The number of nitro groups is 1. The van der Waals surface area contributed by atoms with Gasteiger partial charge in [0.1, 0.15) is 0 Å². The fourth-order valence-electron chi connectivity index (χ4n) is 3.75. The van der Waals surface area contributed by atoms with E-state index in [0.717, 1.165) is 23.1 Å². The highest BCUT2D eigenvalue weighted by Gasteiger charge is 2.20. The Kier molecular flexibility index (Phi) is 5.47. The van der Waals surface area contributed by atoms with Crippen LogP contribution in [-0.2, 0) is 6.54 Å². The molecule has 0 aromatic heterocycles. The zero-order valence-electron chi connectivity index (χ0n) is 17.2. The van der Waals surface area contributed by atoms with Gasteiger partial charge in [-0.2, -0.15) is 4.98 Å². The van der Waals surface area contributed by atoms with Gasteiger partial charge in [-0.1, -0.05) is 6.08 Å². The van der Waals surface area contributed by atoms with Gasteiger partial charge >= 0.3 is 5.69 Å². The molecule has 0 saturated heterocycles. The molecule has 0 amide bonds. The number of aromatic amines is 1. The van der Waals surface area contributed by atoms with E-state index in [1.807, 2.05) is 30.5 Å². The number of nitrogens with one attached hydrogen (secondary N) is 2. The summed E-state index contributed by atoms with van der Waals surface area (Å²) in [5, 5.41) is 14.3. The molecule has 160 valence electrons. The Hall–Kier alpha value is -3.66. The minimum absolute atomic E-state index is 0.0282. The first-order valence-corrected chi connectivity index (χ1v) is 9.99. The number of hydrogen-bond acceptors (Lipinski definition) is 7. The van der Waals surface area contributed by atoms with Crippen LogP contribution in [0, 0.1) is 29.9 Å². The van der Waals surface area contributed by atoms with Gasteiger partial charge in [-0.25, -0.2) is 9.78 Å². The van der Waals surface area contributed by atoms with Gasteiger partial charge in [-0.05, 0) is 55.5 Å². The molecule has 2 N–H and O–H groups in total. The fraction of sp³-hybridized carbons (Fsp3) is 0.333. The number of benzene rings is 1. The van der Waals surface area contributed by atoms with Crippen LogP contribution in [0.3, 0.4) is 0 Å². The molecular weight excluding hydrogens is 400 g/mol. The van der Waals surface area contributed by atoms with Crippen molar-refractivity contribution in [2.24, 2.45) is 5.92 Å². The monoisotopic (exact) mass is 422 g/mol. The molecule has 1 aromatic carbocycles. The number of aryl methyl sites for hydroxylation is 2. The molecule has 1 aromatic rings. The summed E-state index contributed by atoms with van der Waals surface area (Å²) in [6, 6.07) is 3.89. The average molecular weight is 422 g/mol. The maximum Gasteiger partial charge on any atom is 0.349 e. The topological polar surface area (TPSA) is 136 Å². The summed E-state index contributed by atoms with van der Waals surface area (Å²) in [5.41, 5.74) is 2.49. The normalized spacial score (nSPS) is 16.1. The van der Waals surface area contributed by atoms with E-state index in [0.29, 0.717) is 25.2 Å². The highest BCUT2D eigenvalue weighted by Crippen LogP contribution is 2.23. The summed E-state index contributed by atoms with van der Waals surface area (Å²) in [7, 11) is 0. The molecule has 0 unspecified atom stereocenters.